The first-order valence-corrected chi connectivity index (χ1v) is 7.42. The SMILES string of the molecule is CC1(CN2CCS(=O)CC2)CCCC1N. The summed E-state index contributed by atoms with van der Waals surface area (Å²) in [6.45, 7) is 5.41. The molecular weight excluding hydrogens is 208 g/mol. The van der Waals surface area contributed by atoms with E-state index in [1.165, 1.54) is 19.3 Å². The highest BCUT2D eigenvalue weighted by Crippen LogP contribution is 2.37. The van der Waals surface area contributed by atoms with Gasteiger partial charge in [0.2, 0.25) is 0 Å². The summed E-state index contributed by atoms with van der Waals surface area (Å²) in [5, 5.41) is 0. The topological polar surface area (TPSA) is 46.3 Å². The lowest BCUT2D eigenvalue weighted by Gasteiger charge is -2.37. The molecule has 88 valence electrons. The van der Waals surface area contributed by atoms with Crippen LogP contribution in [0, 0.1) is 5.41 Å². The zero-order chi connectivity index (χ0) is 10.9. The third-order valence-electron chi connectivity index (χ3n) is 4.01. The summed E-state index contributed by atoms with van der Waals surface area (Å²) in [4.78, 5) is 2.45. The first-order chi connectivity index (χ1) is 7.10. The first-order valence-electron chi connectivity index (χ1n) is 5.93. The van der Waals surface area contributed by atoms with Gasteiger partial charge in [-0.15, -0.1) is 0 Å². The highest BCUT2D eigenvalue weighted by molar-refractivity contribution is 7.85. The van der Waals surface area contributed by atoms with E-state index in [0.29, 0.717) is 11.5 Å². The molecule has 1 aliphatic carbocycles. The van der Waals surface area contributed by atoms with E-state index in [0.717, 1.165) is 31.1 Å². The Kier molecular flexibility index (Phi) is 3.48. The molecule has 1 aliphatic heterocycles. The Morgan fingerprint density at radius 3 is 2.67 bits per heavy atom. The third-order valence-corrected chi connectivity index (χ3v) is 5.29. The van der Waals surface area contributed by atoms with Crippen LogP contribution in [0.2, 0.25) is 0 Å². The molecule has 4 heteroatoms. The quantitative estimate of drug-likeness (QED) is 0.754. The first kappa shape index (κ1) is 11.6. The highest BCUT2D eigenvalue weighted by atomic mass is 32.2. The molecule has 2 unspecified atom stereocenters. The Morgan fingerprint density at radius 2 is 2.13 bits per heavy atom. The summed E-state index contributed by atoms with van der Waals surface area (Å²) in [7, 11) is -0.559. The van der Waals surface area contributed by atoms with E-state index in [4.69, 9.17) is 5.73 Å². The van der Waals surface area contributed by atoms with Gasteiger partial charge in [-0.25, -0.2) is 0 Å². The number of hydrogen-bond acceptors (Lipinski definition) is 3. The van der Waals surface area contributed by atoms with Crippen LogP contribution in [0.5, 0.6) is 0 Å². The van der Waals surface area contributed by atoms with Crippen LogP contribution in [-0.4, -0.2) is 46.3 Å². The second-order valence-corrected chi connectivity index (χ2v) is 6.97. The fourth-order valence-corrected chi connectivity index (χ4v) is 3.93. The van der Waals surface area contributed by atoms with Gasteiger partial charge in [-0.2, -0.15) is 0 Å². The molecule has 0 bridgehead atoms. The molecular formula is C11H22N2OS. The summed E-state index contributed by atoms with van der Waals surface area (Å²) >= 11 is 0. The van der Waals surface area contributed by atoms with Gasteiger partial charge in [0.05, 0.1) is 0 Å². The minimum absolute atomic E-state index is 0.304. The zero-order valence-electron chi connectivity index (χ0n) is 9.58. The molecule has 2 aliphatic rings. The van der Waals surface area contributed by atoms with E-state index in [2.05, 4.69) is 11.8 Å². The van der Waals surface area contributed by atoms with Crippen LogP contribution in [0.25, 0.3) is 0 Å². The van der Waals surface area contributed by atoms with Crippen LogP contribution in [0.1, 0.15) is 26.2 Å². The summed E-state index contributed by atoms with van der Waals surface area (Å²) in [6.07, 6.45) is 3.71. The van der Waals surface area contributed by atoms with Crippen molar-refractivity contribution in [1.29, 1.82) is 0 Å². The molecule has 2 atom stereocenters. The molecule has 2 N–H and O–H groups in total. The normalized spacial score (nSPS) is 39.7. The smallest absolute Gasteiger partial charge is 0.0363 e. The highest BCUT2D eigenvalue weighted by Gasteiger charge is 2.38. The molecule has 1 saturated carbocycles. The van der Waals surface area contributed by atoms with Gasteiger partial charge in [0.15, 0.2) is 0 Å². The van der Waals surface area contributed by atoms with Gasteiger partial charge in [-0.1, -0.05) is 13.3 Å². The monoisotopic (exact) mass is 230 g/mol. The maximum atomic E-state index is 11.2. The van der Waals surface area contributed by atoms with Crippen LogP contribution in [0.3, 0.4) is 0 Å². The largest absolute Gasteiger partial charge is 0.327 e. The molecule has 0 amide bonds. The van der Waals surface area contributed by atoms with E-state index in [1.54, 1.807) is 0 Å². The zero-order valence-corrected chi connectivity index (χ0v) is 10.4. The van der Waals surface area contributed by atoms with E-state index in [9.17, 15) is 4.21 Å². The van der Waals surface area contributed by atoms with Crippen molar-refractivity contribution in [1.82, 2.24) is 4.90 Å². The van der Waals surface area contributed by atoms with Crippen LogP contribution >= 0.6 is 0 Å². The fraction of sp³-hybridized carbons (Fsp3) is 1.00. The lowest BCUT2D eigenvalue weighted by molar-refractivity contribution is 0.163. The van der Waals surface area contributed by atoms with Crippen LogP contribution in [-0.2, 0) is 10.8 Å². The van der Waals surface area contributed by atoms with Crippen LogP contribution < -0.4 is 5.73 Å². The maximum Gasteiger partial charge on any atom is 0.0363 e. The Balaban J connectivity index is 1.88. The number of nitrogens with two attached hydrogens (primary N) is 1. The predicted molar refractivity (Wildman–Crippen MR) is 64.2 cm³/mol. The number of rotatable bonds is 2. The fourth-order valence-electron chi connectivity index (χ4n) is 2.80. The van der Waals surface area contributed by atoms with Crippen molar-refractivity contribution in [3.63, 3.8) is 0 Å². The molecule has 0 radical (unpaired) electrons. The Labute approximate surface area is 94.9 Å². The van der Waals surface area contributed by atoms with Gasteiger partial charge in [0, 0.05) is 48.0 Å². The predicted octanol–water partition coefficient (Wildman–Crippen LogP) is 0.568. The van der Waals surface area contributed by atoms with Gasteiger partial charge >= 0.3 is 0 Å². The van der Waals surface area contributed by atoms with Gasteiger partial charge < -0.3 is 10.6 Å². The molecule has 0 aromatic rings. The lowest BCUT2D eigenvalue weighted by atomic mass is 9.84. The average Bonchev–Trinajstić information content (AvgIpc) is 2.51. The van der Waals surface area contributed by atoms with Crippen molar-refractivity contribution in [3.8, 4) is 0 Å². The Morgan fingerprint density at radius 1 is 1.47 bits per heavy atom. The summed E-state index contributed by atoms with van der Waals surface area (Å²) in [5.41, 5.74) is 6.48. The second-order valence-electron chi connectivity index (χ2n) is 5.28. The minimum atomic E-state index is -0.559. The molecule has 3 nitrogen and oxygen atoms in total. The van der Waals surface area contributed by atoms with Gasteiger partial charge in [0.1, 0.15) is 0 Å². The molecule has 0 spiro atoms. The van der Waals surface area contributed by atoms with Gasteiger partial charge in [-0.05, 0) is 18.3 Å². The number of hydrogen-bond donors (Lipinski definition) is 1. The Bertz CT molecular complexity index is 249. The van der Waals surface area contributed by atoms with Crippen molar-refractivity contribution in [2.75, 3.05) is 31.1 Å². The van der Waals surface area contributed by atoms with E-state index in [-0.39, 0.29) is 0 Å². The summed E-state index contributed by atoms with van der Waals surface area (Å²) in [6, 6.07) is 0.366. The average molecular weight is 230 g/mol. The molecule has 2 rings (SSSR count). The molecule has 1 saturated heterocycles. The van der Waals surface area contributed by atoms with E-state index in [1.807, 2.05) is 0 Å². The standard InChI is InChI=1S/C11H22N2OS/c1-11(4-2-3-10(11)12)9-13-5-7-15(14)8-6-13/h10H,2-9,12H2,1H3. The minimum Gasteiger partial charge on any atom is -0.327 e. The molecule has 0 aromatic carbocycles. The van der Waals surface area contributed by atoms with Crippen molar-refractivity contribution < 1.29 is 4.21 Å². The maximum absolute atomic E-state index is 11.2. The van der Waals surface area contributed by atoms with Crippen LogP contribution in [0.4, 0.5) is 0 Å². The molecule has 15 heavy (non-hydrogen) atoms. The molecule has 0 aromatic heterocycles. The van der Waals surface area contributed by atoms with E-state index < -0.39 is 10.8 Å². The molecule has 1 heterocycles. The van der Waals surface area contributed by atoms with Crippen molar-refractivity contribution in [2.24, 2.45) is 11.1 Å². The summed E-state index contributed by atoms with van der Waals surface area (Å²) < 4.78 is 11.2. The lowest BCUT2D eigenvalue weighted by Crippen LogP contribution is -2.48. The number of nitrogens with zero attached hydrogens (tertiary/aromatic N) is 1. The van der Waals surface area contributed by atoms with Gasteiger partial charge in [-0.3, -0.25) is 4.21 Å². The Hall–Kier alpha value is 0.0700. The third kappa shape index (κ3) is 2.60. The van der Waals surface area contributed by atoms with Gasteiger partial charge in [0.25, 0.3) is 0 Å². The van der Waals surface area contributed by atoms with Crippen molar-refractivity contribution in [3.05, 3.63) is 0 Å². The van der Waals surface area contributed by atoms with Crippen molar-refractivity contribution in [2.45, 2.75) is 32.2 Å². The van der Waals surface area contributed by atoms with E-state index >= 15 is 0 Å². The second kappa shape index (κ2) is 4.52. The van der Waals surface area contributed by atoms with Crippen LogP contribution in [0.15, 0.2) is 0 Å². The van der Waals surface area contributed by atoms with Crippen molar-refractivity contribution >= 4 is 10.8 Å². The molecule has 2 fully saturated rings. The summed E-state index contributed by atoms with van der Waals surface area (Å²) in [5.74, 6) is 1.70.